The molecule has 7 heteroatoms. The van der Waals surface area contributed by atoms with Crippen molar-refractivity contribution in [2.24, 2.45) is 0 Å². The zero-order chi connectivity index (χ0) is 20.4. The predicted octanol–water partition coefficient (Wildman–Crippen LogP) is 2.66. The van der Waals surface area contributed by atoms with E-state index in [9.17, 15) is 9.59 Å². The lowest BCUT2D eigenvalue weighted by molar-refractivity contribution is -0.143. The molecule has 1 N–H and O–H groups in total. The van der Waals surface area contributed by atoms with Crippen molar-refractivity contribution < 1.29 is 14.3 Å². The topological polar surface area (TPSA) is 61.9 Å². The Bertz CT molecular complexity index is 779. The Morgan fingerprint density at radius 2 is 1.97 bits per heavy atom. The minimum absolute atomic E-state index is 0. The Morgan fingerprint density at radius 3 is 2.67 bits per heavy atom. The number of hydrogen-bond acceptors (Lipinski definition) is 4. The third-order valence-electron chi connectivity index (χ3n) is 7.08. The summed E-state index contributed by atoms with van der Waals surface area (Å²) in [6.45, 7) is 5.48. The normalized spacial score (nSPS) is 23.8. The summed E-state index contributed by atoms with van der Waals surface area (Å²) < 4.78 is 5.55. The maximum atomic E-state index is 13.9. The number of aryl methyl sites for hydroxylation is 1. The number of nitrogens with one attached hydrogen (secondary N) is 1. The van der Waals surface area contributed by atoms with Crippen LogP contribution in [0.1, 0.15) is 49.7 Å². The van der Waals surface area contributed by atoms with Crippen molar-refractivity contribution in [1.29, 1.82) is 0 Å². The number of hydrogen-bond donors (Lipinski definition) is 1. The second-order valence-electron chi connectivity index (χ2n) is 8.78. The molecule has 0 aromatic heterocycles. The van der Waals surface area contributed by atoms with Crippen molar-refractivity contribution in [3.05, 3.63) is 29.3 Å². The highest BCUT2D eigenvalue weighted by molar-refractivity contribution is 5.89. The monoisotopic (exact) mass is 435 g/mol. The van der Waals surface area contributed by atoms with Gasteiger partial charge >= 0.3 is 0 Å². The van der Waals surface area contributed by atoms with Gasteiger partial charge in [0.1, 0.15) is 5.75 Å². The molecule has 0 spiro atoms. The second kappa shape index (κ2) is 9.56. The van der Waals surface area contributed by atoms with E-state index in [2.05, 4.69) is 23.5 Å². The number of piperazine rings is 1. The molecule has 1 saturated carbocycles. The smallest absolute Gasteiger partial charge is 0.236 e. The molecule has 1 atom stereocenters. The lowest BCUT2D eigenvalue weighted by Crippen LogP contribution is -2.59. The molecule has 3 fully saturated rings. The molecule has 2 saturated heterocycles. The Morgan fingerprint density at radius 1 is 1.20 bits per heavy atom. The first-order chi connectivity index (χ1) is 14.0. The summed E-state index contributed by atoms with van der Waals surface area (Å²) in [6.07, 6.45) is 5.89. The molecular weight excluding hydrogens is 402 g/mol. The first-order valence-electron chi connectivity index (χ1n) is 11.0. The number of benzene rings is 1. The van der Waals surface area contributed by atoms with Crippen LogP contribution in [0.5, 0.6) is 5.75 Å². The largest absolute Gasteiger partial charge is 0.496 e. The van der Waals surface area contributed by atoms with Crippen LogP contribution in [0, 0.1) is 6.92 Å². The number of methoxy groups -OCH3 is 1. The lowest BCUT2D eigenvalue weighted by Gasteiger charge is -2.43. The number of ether oxygens (including phenoxy) is 1. The van der Waals surface area contributed by atoms with E-state index in [1.165, 1.54) is 0 Å². The maximum absolute atomic E-state index is 13.9. The van der Waals surface area contributed by atoms with Gasteiger partial charge in [0.05, 0.1) is 19.1 Å². The number of carbonyl (C=O) groups excluding carboxylic acids is 2. The van der Waals surface area contributed by atoms with E-state index in [-0.39, 0.29) is 30.3 Å². The molecule has 0 radical (unpaired) electrons. The van der Waals surface area contributed by atoms with E-state index < -0.39 is 5.41 Å². The van der Waals surface area contributed by atoms with Crippen LogP contribution in [0.3, 0.4) is 0 Å². The number of halogens is 1. The second-order valence-corrected chi connectivity index (χ2v) is 8.78. The zero-order valence-corrected chi connectivity index (χ0v) is 18.9. The molecule has 1 aromatic carbocycles. The summed E-state index contributed by atoms with van der Waals surface area (Å²) >= 11 is 0. The van der Waals surface area contributed by atoms with Gasteiger partial charge in [0.15, 0.2) is 0 Å². The number of rotatable bonds is 4. The molecule has 2 aliphatic heterocycles. The molecule has 4 rings (SSSR count). The predicted molar refractivity (Wildman–Crippen MR) is 119 cm³/mol. The highest BCUT2D eigenvalue weighted by Gasteiger charge is 2.46. The Hall–Kier alpha value is -1.79. The molecule has 3 aliphatic rings. The number of likely N-dealkylation sites (tertiary alicyclic amines) is 1. The van der Waals surface area contributed by atoms with Gasteiger partial charge in [0.25, 0.3) is 0 Å². The molecule has 1 aromatic rings. The van der Waals surface area contributed by atoms with Gasteiger partial charge in [-0.1, -0.05) is 25.0 Å². The van der Waals surface area contributed by atoms with Gasteiger partial charge in [0, 0.05) is 32.2 Å². The van der Waals surface area contributed by atoms with Gasteiger partial charge < -0.3 is 19.9 Å². The van der Waals surface area contributed by atoms with Crippen LogP contribution < -0.4 is 10.1 Å². The average Bonchev–Trinajstić information content (AvgIpc) is 3.25. The van der Waals surface area contributed by atoms with Crippen molar-refractivity contribution in [2.75, 3.05) is 39.8 Å². The van der Waals surface area contributed by atoms with E-state index in [1.54, 1.807) is 7.11 Å². The van der Waals surface area contributed by atoms with Crippen LogP contribution in [0.15, 0.2) is 18.2 Å². The fourth-order valence-corrected chi connectivity index (χ4v) is 5.43. The highest BCUT2D eigenvalue weighted by atomic mass is 35.5. The van der Waals surface area contributed by atoms with Crippen LogP contribution in [-0.4, -0.2) is 67.5 Å². The number of piperidine rings is 1. The molecule has 2 heterocycles. The van der Waals surface area contributed by atoms with Gasteiger partial charge in [-0.05, 0) is 49.8 Å². The molecular formula is C23H34ClN3O3. The number of nitrogens with zero attached hydrogens (tertiary/aromatic N) is 2. The van der Waals surface area contributed by atoms with Crippen molar-refractivity contribution in [3.8, 4) is 5.75 Å². The van der Waals surface area contributed by atoms with Gasteiger partial charge in [-0.15, -0.1) is 12.4 Å². The lowest BCUT2D eigenvalue weighted by atomic mass is 9.76. The van der Waals surface area contributed by atoms with Gasteiger partial charge in [-0.2, -0.15) is 0 Å². The van der Waals surface area contributed by atoms with Gasteiger partial charge in [-0.3, -0.25) is 9.59 Å². The quantitative estimate of drug-likeness (QED) is 0.789. The minimum Gasteiger partial charge on any atom is -0.496 e. The van der Waals surface area contributed by atoms with Crippen molar-refractivity contribution >= 4 is 24.2 Å². The molecule has 30 heavy (non-hydrogen) atoms. The van der Waals surface area contributed by atoms with Crippen LogP contribution in [0.2, 0.25) is 0 Å². The molecule has 6 nitrogen and oxygen atoms in total. The molecule has 166 valence electrons. The fourth-order valence-electron chi connectivity index (χ4n) is 5.43. The summed E-state index contributed by atoms with van der Waals surface area (Å²) in [4.78, 5) is 30.3. The van der Waals surface area contributed by atoms with Crippen LogP contribution in [0.25, 0.3) is 0 Å². The third-order valence-corrected chi connectivity index (χ3v) is 7.08. The number of amides is 2. The number of carbonyl (C=O) groups is 2. The van der Waals surface area contributed by atoms with Crippen molar-refractivity contribution in [1.82, 2.24) is 15.1 Å². The van der Waals surface area contributed by atoms with E-state index in [4.69, 9.17) is 4.74 Å². The Labute approximate surface area is 185 Å². The van der Waals surface area contributed by atoms with Crippen molar-refractivity contribution in [3.63, 3.8) is 0 Å². The minimum atomic E-state index is -0.448. The third kappa shape index (κ3) is 4.17. The van der Waals surface area contributed by atoms with Crippen molar-refractivity contribution in [2.45, 2.75) is 56.9 Å². The zero-order valence-electron chi connectivity index (χ0n) is 18.1. The highest BCUT2D eigenvalue weighted by Crippen LogP contribution is 2.44. The average molecular weight is 436 g/mol. The summed E-state index contributed by atoms with van der Waals surface area (Å²) in [5.74, 6) is 1.26. The van der Waals surface area contributed by atoms with E-state index in [1.807, 2.05) is 16.7 Å². The first kappa shape index (κ1) is 22.9. The van der Waals surface area contributed by atoms with E-state index >= 15 is 0 Å². The summed E-state index contributed by atoms with van der Waals surface area (Å²) in [5, 5.41) is 3.14. The molecule has 0 bridgehead atoms. The standard InChI is InChI=1S/C23H33N3O3.ClH/c1-17-7-8-18(14-20(17)29-2)23(9-3-4-10-23)22(28)25-12-5-6-19(16-25)26-13-11-24-15-21(26)27;/h7-8,14,19,24H,3-6,9-13,15-16H2,1-2H3;1H. The molecule has 2 amide bonds. The van der Waals surface area contributed by atoms with Crippen LogP contribution in [-0.2, 0) is 15.0 Å². The summed E-state index contributed by atoms with van der Waals surface area (Å²) in [7, 11) is 1.69. The van der Waals surface area contributed by atoms with Gasteiger partial charge in [0.2, 0.25) is 11.8 Å². The first-order valence-corrected chi connectivity index (χ1v) is 11.0. The molecule has 1 aliphatic carbocycles. The Balaban J connectivity index is 0.00000256. The summed E-state index contributed by atoms with van der Waals surface area (Å²) in [5.41, 5.74) is 1.73. The summed E-state index contributed by atoms with van der Waals surface area (Å²) in [6, 6.07) is 6.40. The van der Waals surface area contributed by atoms with Crippen LogP contribution >= 0.6 is 12.4 Å². The van der Waals surface area contributed by atoms with E-state index in [0.29, 0.717) is 13.1 Å². The van der Waals surface area contributed by atoms with E-state index in [0.717, 1.165) is 75.0 Å². The Kier molecular flexibility index (Phi) is 7.30. The maximum Gasteiger partial charge on any atom is 0.236 e. The molecule has 1 unspecified atom stereocenters. The van der Waals surface area contributed by atoms with Crippen LogP contribution in [0.4, 0.5) is 0 Å². The van der Waals surface area contributed by atoms with Gasteiger partial charge in [-0.25, -0.2) is 0 Å². The fraction of sp³-hybridized carbons (Fsp3) is 0.652. The SMILES string of the molecule is COc1cc(C2(C(=O)N3CCCC(N4CCNCC4=O)C3)CCCC2)ccc1C.Cl.